The number of halogens is 1. The van der Waals surface area contributed by atoms with E-state index in [0.717, 1.165) is 31.6 Å². The third kappa shape index (κ3) is 2.94. The van der Waals surface area contributed by atoms with Gasteiger partial charge in [0.15, 0.2) is 0 Å². The molecule has 2 nitrogen and oxygen atoms in total. The van der Waals surface area contributed by atoms with Crippen molar-refractivity contribution in [2.24, 2.45) is 0 Å². The molecule has 0 bridgehead atoms. The zero-order chi connectivity index (χ0) is 10.7. The van der Waals surface area contributed by atoms with Crippen LogP contribution in [0.5, 0.6) is 0 Å². The molecular formula is C12H21FN2. The van der Waals surface area contributed by atoms with Crippen molar-refractivity contribution in [2.75, 3.05) is 19.6 Å². The molecule has 2 saturated heterocycles. The Bertz CT molecular complexity index is 224. The third-order valence-electron chi connectivity index (χ3n) is 3.52. The third-order valence-corrected chi connectivity index (χ3v) is 3.52. The second-order valence-corrected chi connectivity index (χ2v) is 4.73. The molecule has 2 unspecified atom stereocenters. The van der Waals surface area contributed by atoms with E-state index < -0.39 is 6.17 Å². The van der Waals surface area contributed by atoms with Crippen LogP contribution in [0.15, 0.2) is 12.3 Å². The number of hydrogen-bond acceptors (Lipinski definition) is 2. The first-order valence-electron chi connectivity index (χ1n) is 6.06. The summed E-state index contributed by atoms with van der Waals surface area (Å²) in [7, 11) is 0. The molecule has 0 spiro atoms. The van der Waals surface area contributed by atoms with Crippen molar-refractivity contribution in [1.29, 1.82) is 0 Å². The van der Waals surface area contributed by atoms with E-state index in [2.05, 4.69) is 16.8 Å². The molecule has 86 valence electrons. The molecule has 0 aromatic rings. The number of allylic oxidation sites excluding steroid dienone is 1. The lowest BCUT2D eigenvalue weighted by atomic mass is 10.1. The highest BCUT2D eigenvalue weighted by molar-refractivity contribution is 4.98. The smallest absolute Gasteiger partial charge is 0.119 e. The van der Waals surface area contributed by atoms with Gasteiger partial charge in [-0.15, -0.1) is 0 Å². The topological polar surface area (TPSA) is 15.3 Å². The Hall–Kier alpha value is -0.570. The predicted octanol–water partition coefficient (Wildman–Crippen LogP) is 2.08. The highest BCUT2D eigenvalue weighted by Gasteiger charge is 2.23. The van der Waals surface area contributed by atoms with Gasteiger partial charge in [0.05, 0.1) is 0 Å². The number of rotatable bonds is 4. The van der Waals surface area contributed by atoms with E-state index in [1.807, 2.05) is 0 Å². The minimum Gasteiger partial charge on any atom is -0.372 e. The molecule has 2 atom stereocenters. The minimum atomic E-state index is -0.633. The van der Waals surface area contributed by atoms with Gasteiger partial charge in [0.25, 0.3) is 0 Å². The molecule has 0 saturated carbocycles. The monoisotopic (exact) mass is 212 g/mol. The molecule has 0 radical (unpaired) electrons. The van der Waals surface area contributed by atoms with Crippen LogP contribution >= 0.6 is 0 Å². The van der Waals surface area contributed by atoms with Crippen LogP contribution in [0.3, 0.4) is 0 Å². The van der Waals surface area contributed by atoms with Gasteiger partial charge in [0.1, 0.15) is 6.17 Å². The summed E-state index contributed by atoms with van der Waals surface area (Å²) < 4.78 is 13.0. The molecule has 15 heavy (non-hydrogen) atoms. The number of nitrogens with zero attached hydrogens (tertiary/aromatic N) is 1. The first-order chi connectivity index (χ1) is 7.25. The summed E-state index contributed by atoms with van der Waals surface area (Å²) in [6, 6.07) is 0.672. The van der Waals surface area contributed by atoms with Crippen LogP contribution in [0.1, 0.15) is 32.1 Å². The van der Waals surface area contributed by atoms with Crippen LogP contribution in [0, 0.1) is 0 Å². The zero-order valence-corrected chi connectivity index (χ0v) is 9.34. The summed E-state index contributed by atoms with van der Waals surface area (Å²) >= 11 is 0. The first kappa shape index (κ1) is 10.9. The number of alkyl halides is 1. The average Bonchev–Trinajstić information content (AvgIpc) is 2.84. The largest absolute Gasteiger partial charge is 0.372 e. The van der Waals surface area contributed by atoms with Crippen LogP contribution in [-0.4, -0.2) is 36.7 Å². The Morgan fingerprint density at radius 3 is 2.93 bits per heavy atom. The number of likely N-dealkylation sites (tertiary alicyclic amines) is 1. The minimum absolute atomic E-state index is 0.566. The van der Waals surface area contributed by atoms with E-state index in [1.54, 1.807) is 0 Å². The van der Waals surface area contributed by atoms with E-state index >= 15 is 0 Å². The summed E-state index contributed by atoms with van der Waals surface area (Å²) in [5.41, 5.74) is 1.13. The molecule has 0 aromatic heterocycles. The van der Waals surface area contributed by atoms with Gasteiger partial charge in [-0.25, -0.2) is 4.39 Å². The maximum absolute atomic E-state index is 13.0. The average molecular weight is 212 g/mol. The van der Waals surface area contributed by atoms with Crippen LogP contribution < -0.4 is 5.32 Å². The fourth-order valence-electron chi connectivity index (χ4n) is 2.51. The summed E-state index contributed by atoms with van der Waals surface area (Å²) in [5.74, 6) is 0. The molecule has 0 aromatic carbocycles. The first-order valence-corrected chi connectivity index (χ1v) is 6.06. The second-order valence-electron chi connectivity index (χ2n) is 4.73. The van der Waals surface area contributed by atoms with Crippen molar-refractivity contribution < 1.29 is 4.39 Å². The van der Waals surface area contributed by atoms with Crippen molar-refractivity contribution in [3.63, 3.8) is 0 Å². The SMILES string of the molecule is C=C(CCC1CCCN1)N1CCC(F)C1. The van der Waals surface area contributed by atoms with Crippen molar-refractivity contribution >= 4 is 0 Å². The van der Waals surface area contributed by atoms with E-state index in [1.165, 1.54) is 12.8 Å². The maximum Gasteiger partial charge on any atom is 0.119 e. The van der Waals surface area contributed by atoms with E-state index in [9.17, 15) is 4.39 Å². The lowest BCUT2D eigenvalue weighted by Crippen LogP contribution is -2.24. The van der Waals surface area contributed by atoms with Crippen LogP contribution in [-0.2, 0) is 0 Å². The molecule has 0 aliphatic carbocycles. The fourth-order valence-corrected chi connectivity index (χ4v) is 2.51. The second kappa shape index (κ2) is 4.97. The summed E-state index contributed by atoms with van der Waals surface area (Å²) in [6.07, 6.45) is 4.82. The summed E-state index contributed by atoms with van der Waals surface area (Å²) in [6.45, 7) is 6.65. The normalized spacial score (nSPS) is 31.1. The van der Waals surface area contributed by atoms with Gasteiger partial charge in [-0.2, -0.15) is 0 Å². The lowest BCUT2D eigenvalue weighted by molar-refractivity contribution is 0.318. The molecule has 1 N–H and O–H groups in total. The molecule has 2 aliphatic rings. The molecule has 2 aliphatic heterocycles. The Kier molecular flexibility index (Phi) is 3.62. The number of hydrogen-bond donors (Lipinski definition) is 1. The van der Waals surface area contributed by atoms with Crippen LogP contribution in [0.25, 0.3) is 0 Å². The molecule has 2 rings (SSSR count). The highest BCUT2D eigenvalue weighted by Crippen LogP contribution is 2.21. The van der Waals surface area contributed by atoms with E-state index in [-0.39, 0.29) is 0 Å². The fraction of sp³-hybridized carbons (Fsp3) is 0.833. The summed E-state index contributed by atoms with van der Waals surface area (Å²) in [5, 5.41) is 3.48. The number of nitrogens with one attached hydrogen (secondary N) is 1. The maximum atomic E-state index is 13.0. The lowest BCUT2D eigenvalue weighted by Gasteiger charge is -2.21. The molecule has 0 amide bonds. The van der Waals surface area contributed by atoms with Gasteiger partial charge in [-0.05, 0) is 38.6 Å². The van der Waals surface area contributed by atoms with Crippen molar-refractivity contribution in [3.05, 3.63) is 12.3 Å². The molecular weight excluding hydrogens is 191 g/mol. The van der Waals surface area contributed by atoms with Gasteiger partial charge in [0, 0.05) is 24.8 Å². The molecule has 3 heteroatoms. The van der Waals surface area contributed by atoms with Crippen molar-refractivity contribution in [2.45, 2.75) is 44.3 Å². The van der Waals surface area contributed by atoms with E-state index in [0.29, 0.717) is 19.0 Å². The Morgan fingerprint density at radius 1 is 1.47 bits per heavy atom. The van der Waals surface area contributed by atoms with Crippen molar-refractivity contribution in [1.82, 2.24) is 10.2 Å². The predicted molar refractivity (Wildman–Crippen MR) is 60.5 cm³/mol. The zero-order valence-electron chi connectivity index (χ0n) is 9.34. The highest BCUT2D eigenvalue weighted by atomic mass is 19.1. The van der Waals surface area contributed by atoms with Gasteiger partial charge in [-0.3, -0.25) is 0 Å². The van der Waals surface area contributed by atoms with Crippen LogP contribution in [0.4, 0.5) is 4.39 Å². The van der Waals surface area contributed by atoms with Gasteiger partial charge < -0.3 is 10.2 Å². The Balaban J connectivity index is 1.67. The van der Waals surface area contributed by atoms with E-state index in [4.69, 9.17) is 0 Å². The molecule has 2 heterocycles. The van der Waals surface area contributed by atoms with Gasteiger partial charge in [-0.1, -0.05) is 6.58 Å². The summed E-state index contributed by atoms with van der Waals surface area (Å²) in [4.78, 5) is 2.11. The Morgan fingerprint density at radius 2 is 2.33 bits per heavy atom. The molecule has 2 fully saturated rings. The van der Waals surface area contributed by atoms with Crippen LogP contribution in [0.2, 0.25) is 0 Å². The Labute approximate surface area is 91.5 Å². The standard InChI is InChI=1S/C12H21FN2/c1-10(15-8-6-11(13)9-15)4-5-12-3-2-7-14-12/h11-12,14H,1-9H2. The van der Waals surface area contributed by atoms with Crippen molar-refractivity contribution in [3.8, 4) is 0 Å². The quantitative estimate of drug-likeness (QED) is 0.767. The van der Waals surface area contributed by atoms with Gasteiger partial charge >= 0.3 is 0 Å². The van der Waals surface area contributed by atoms with Gasteiger partial charge in [0.2, 0.25) is 0 Å².